The molecule has 0 spiro atoms. The molecule has 1 fully saturated rings. The fourth-order valence-corrected chi connectivity index (χ4v) is 3.37. The van der Waals surface area contributed by atoms with Gasteiger partial charge in [-0.3, -0.25) is 5.32 Å². The molecule has 0 radical (unpaired) electrons. The molecule has 0 aromatic carbocycles. The van der Waals surface area contributed by atoms with Crippen LogP contribution in [-0.4, -0.2) is 36.1 Å². The summed E-state index contributed by atoms with van der Waals surface area (Å²) < 4.78 is 0. The molecule has 0 aromatic heterocycles. The van der Waals surface area contributed by atoms with Crippen LogP contribution in [0.25, 0.3) is 0 Å². The summed E-state index contributed by atoms with van der Waals surface area (Å²) in [6, 6.07) is 3.45. The molecule has 1 atom stereocenters. The number of nitrogens with one attached hydrogen (secondary N) is 1. The normalized spacial score (nSPS) is 27.3. The fraction of sp³-hybridized carbons (Fsp3) is 0.938. The average molecular weight is 265 g/mol. The quantitative estimate of drug-likeness (QED) is 0.802. The number of rotatable bonds is 6. The molecule has 1 unspecified atom stereocenters. The van der Waals surface area contributed by atoms with Gasteiger partial charge >= 0.3 is 0 Å². The van der Waals surface area contributed by atoms with Crippen molar-refractivity contribution in [2.24, 2.45) is 5.92 Å². The topological polar surface area (TPSA) is 39.1 Å². The van der Waals surface area contributed by atoms with Gasteiger partial charge in [-0.2, -0.15) is 5.26 Å². The SMILES string of the molecule is CCC1CCC(N(C)CC(C)(C#N)NC(C)C)CC1. The Morgan fingerprint density at radius 3 is 2.32 bits per heavy atom. The molecule has 1 aliphatic carbocycles. The van der Waals surface area contributed by atoms with Crippen molar-refractivity contribution < 1.29 is 0 Å². The molecule has 1 saturated carbocycles. The van der Waals surface area contributed by atoms with Crippen molar-refractivity contribution in [3.8, 4) is 6.07 Å². The first-order valence-electron chi connectivity index (χ1n) is 7.79. The summed E-state index contributed by atoms with van der Waals surface area (Å²) >= 11 is 0. The molecule has 1 rings (SSSR count). The lowest BCUT2D eigenvalue weighted by molar-refractivity contribution is 0.138. The van der Waals surface area contributed by atoms with Crippen molar-refractivity contribution in [3.05, 3.63) is 0 Å². The van der Waals surface area contributed by atoms with E-state index in [0.717, 1.165) is 12.5 Å². The Balaban J connectivity index is 2.50. The minimum Gasteiger partial charge on any atom is -0.301 e. The maximum absolute atomic E-state index is 9.42. The Hall–Kier alpha value is -0.590. The van der Waals surface area contributed by atoms with E-state index in [-0.39, 0.29) is 0 Å². The first-order valence-corrected chi connectivity index (χ1v) is 7.79. The van der Waals surface area contributed by atoms with Gasteiger partial charge in [-0.25, -0.2) is 0 Å². The molecule has 110 valence electrons. The van der Waals surface area contributed by atoms with Crippen LogP contribution in [0.5, 0.6) is 0 Å². The van der Waals surface area contributed by atoms with Crippen molar-refractivity contribution in [1.82, 2.24) is 10.2 Å². The van der Waals surface area contributed by atoms with Gasteiger partial charge in [-0.05, 0) is 59.4 Å². The molecule has 0 saturated heterocycles. The summed E-state index contributed by atoms with van der Waals surface area (Å²) in [5.74, 6) is 0.931. The maximum Gasteiger partial charge on any atom is 0.116 e. The number of nitrogens with zero attached hydrogens (tertiary/aromatic N) is 2. The highest BCUT2D eigenvalue weighted by Gasteiger charge is 2.30. The van der Waals surface area contributed by atoms with Crippen LogP contribution in [0.2, 0.25) is 0 Å². The summed E-state index contributed by atoms with van der Waals surface area (Å²) in [6.45, 7) is 9.32. The second kappa shape index (κ2) is 7.26. The Labute approximate surface area is 119 Å². The average Bonchev–Trinajstić information content (AvgIpc) is 2.37. The summed E-state index contributed by atoms with van der Waals surface area (Å²) in [4.78, 5) is 2.39. The summed E-state index contributed by atoms with van der Waals surface area (Å²) in [5, 5.41) is 12.8. The lowest BCUT2D eigenvalue weighted by Crippen LogP contribution is -2.54. The number of likely N-dealkylation sites (N-methyl/N-ethyl adjacent to an activating group) is 1. The molecule has 0 aromatic rings. The number of hydrogen-bond acceptors (Lipinski definition) is 3. The third kappa shape index (κ3) is 5.12. The Morgan fingerprint density at radius 2 is 1.89 bits per heavy atom. The standard InChI is InChI=1S/C16H31N3/c1-6-14-7-9-15(10-8-14)19(5)12-16(4,11-17)18-13(2)3/h13-15,18H,6-10,12H2,1-5H3. The van der Waals surface area contributed by atoms with Gasteiger partial charge in [0.1, 0.15) is 5.54 Å². The summed E-state index contributed by atoms with van der Waals surface area (Å²) in [6.07, 6.45) is 6.61. The Morgan fingerprint density at radius 1 is 1.32 bits per heavy atom. The smallest absolute Gasteiger partial charge is 0.116 e. The molecule has 0 amide bonds. The molecular formula is C16H31N3. The number of nitriles is 1. The van der Waals surface area contributed by atoms with Crippen LogP contribution in [-0.2, 0) is 0 Å². The van der Waals surface area contributed by atoms with Gasteiger partial charge in [-0.15, -0.1) is 0 Å². The zero-order valence-corrected chi connectivity index (χ0v) is 13.4. The van der Waals surface area contributed by atoms with Crippen molar-refractivity contribution in [2.75, 3.05) is 13.6 Å². The highest BCUT2D eigenvalue weighted by atomic mass is 15.2. The van der Waals surface area contributed by atoms with Crippen LogP contribution in [0.4, 0.5) is 0 Å². The zero-order valence-electron chi connectivity index (χ0n) is 13.4. The minimum atomic E-state index is -0.440. The molecule has 0 heterocycles. The highest BCUT2D eigenvalue weighted by Crippen LogP contribution is 2.29. The van der Waals surface area contributed by atoms with E-state index in [1.807, 2.05) is 6.92 Å². The monoisotopic (exact) mass is 265 g/mol. The van der Waals surface area contributed by atoms with E-state index in [2.05, 4.69) is 44.1 Å². The minimum absolute atomic E-state index is 0.342. The van der Waals surface area contributed by atoms with Gasteiger partial charge in [-0.1, -0.05) is 13.3 Å². The third-order valence-corrected chi connectivity index (χ3v) is 4.44. The second-order valence-electron chi connectivity index (χ2n) is 6.74. The van der Waals surface area contributed by atoms with Crippen LogP contribution in [0.15, 0.2) is 0 Å². The van der Waals surface area contributed by atoms with Crippen molar-refractivity contribution >= 4 is 0 Å². The van der Waals surface area contributed by atoms with Crippen LogP contribution < -0.4 is 5.32 Å². The molecule has 0 aliphatic heterocycles. The van der Waals surface area contributed by atoms with E-state index in [1.165, 1.54) is 32.1 Å². The van der Waals surface area contributed by atoms with Crippen molar-refractivity contribution in [2.45, 2.75) is 77.4 Å². The van der Waals surface area contributed by atoms with E-state index < -0.39 is 5.54 Å². The van der Waals surface area contributed by atoms with E-state index >= 15 is 0 Å². The molecule has 3 nitrogen and oxygen atoms in total. The molecule has 19 heavy (non-hydrogen) atoms. The van der Waals surface area contributed by atoms with Gasteiger partial charge in [0.25, 0.3) is 0 Å². The summed E-state index contributed by atoms with van der Waals surface area (Å²) in [5.41, 5.74) is -0.440. The molecule has 1 N–H and O–H groups in total. The lowest BCUT2D eigenvalue weighted by atomic mass is 9.83. The van der Waals surface area contributed by atoms with Crippen LogP contribution in [0.1, 0.15) is 59.8 Å². The van der Waals surface area contributed by atoms with Crippen LogP contribution in [0.3, 0.4) is 0 Å². The number of hydrogen-bond donors (Lipinski definition) is 1. The van der Waals surface area contributed by atoms with Gasteiger partial charge < -0.3 is 4.90 Å². The van der Waals surface area contributed by atoms with Crippen molar-refractivity contribution in [1.29, 1.82) is 5.26 Å². The largest absolute Gasteiger partial charge is 0.301 e. The zero-order chi connectivity index (χ0) is 14.5. The van der Waals surface area contributed by atoms with E-state index in [1.54, 1.807) is 0 Å². The van der Waals surface area contributed by atoms with Crippen LogP contribution in [0, 0.1) is 17.2 Å². The molecule has 0 bridgehead atoms. The first kappa shape index (κ1) is 16.5. The van der Waals surface area contributed by atoms with Gasteiger partial charge in [0.2, 0.25) is 0 Å². The molecule has 3 heteroatoms. The maximum atomic E-state index is 9.42. The molecule has 1 aliphatic rings. The van der Waals surface area contributed by atoms with Gasteiger partial charge in [0.15, 0.2) is 0 Å². The third-order valence-electron chi connectivity index (χ3n) is 4.44. The fourth-order valence-electron chi connectivity index (χ4n) is 3.37. The van der Waals surface area contributed by atoms with E-state index in [9.17, 15) is 5.26 Å². The molecular weight excluding hydrogens is 234 g/mol. The highest BCUT2D eigenvalue weighted by molar-refractivity contribution is 5.06. The summed E-state index contributed by atoms with van der Waals surface area (Å²) in [7, 11) is 2.18. The Bertz CT molecular complexity index is 300. The Kier molecular flexibility index (Phi) is 6.29. The predicted molar refractivity (Wildman–Crippen MR) is 81.0 cm³/mol. The lowest BCUT2D eigenvalue weighted by Gasteiger charge is -2.38. The van der Waals surface area contributed by atoms with Crippen molar-refractivity contribution in [3.63, 3.8) is 0 Å². The predicted octanol–water partition coefficient (Wildman–Crippen LogP) is 3.17. The van der Waals surface area contributed by atoms with E-state index in [4.69, 9.17) is 0 Å². The first-order chi connectivity index (χ1) is 8.90. The van der Waals surface area contributed by atoms with Gasteiger partial charge in [0, 0.05) is 18.6 Å². The second-order valence-corrected chi connectivity index (χ2v) is 6.74. The van der Waals surface area contributed by atoms with Gasteiger partial charge in [0.05, 0.1) is 6.07 Å². The van der Waals surface area contributed by atoms with Crippen LogP contribution >= 0.6 is 0 Å². The van der Waals surface area contributed by atoms with E-state index in [0.29, 0.717) is 12.1 Å².